The monoisotopic (exact) mass is 376 g/mol. The second-order valence-corrected chi connectivity index (χ2v) is 7.58. The van der Waals surface area contributed by atoms with Crippen molar-refractivity contribution >= 4 is 17.5 Å². The van der Waals surface area contributed by atoms with Gasteiger partial charge < -0.3 is 19.6 Å². The van der Waals surface area contributed by atoms with Crippen LogP contribution in [0.3, 0.4) is 0 Å². The number of likely N-dealkylation sites (tertiary alicyclic amines) is 1. The van der Waals surface area contributed by atoms with Gasteiger partial charge in [0.25, 0.3) is 0 Å². The molecule has 4 rings (SSSR count). The Morgan fingerprint density at radius 1 is 1.38 bits per heavy atom. The quantitative estimate of drug-likeness (QED) is 0.831. The molecule has 1 saturated heterocycles. The van der Waals surface area contributed by atoms with Crippen LogP contribution < -0.4 is 0 Å². The summed E-state index contributed by atoms with van der Waals surface area (Å²) in [4.78, 5) is 14.3. The van der Waals surface area contributed by atoms with Gasteiger partial charge in [0, 0.05) is 44.0 Å². The first-order chi connectivity index (χ1) is 12.6. The van der Waals surface area contributed by atoms with Crippen LogP contribution >= 0.6 is 11.6 Å². The highest BCUT2D eigenvalue weighted by atomic mass is 35.5. The molecule has 1 amide bonds. The standard InChI is InChI=1S/C19H21ClN2O4/c20-16-8-13(26-21-16)6-7-17(25)22-9-15(24)19(11-22)14(10-23)18(19)12-4-2-1-3-5-12/h1-5,8,14-15,18,23-24H,6-7,9-11H2/t14-,15-,18-,19-/m1/s1. The molecule has 7 heteroatoms. The summed E-state index contributed by atoms with van der Waals surface area (Å²) < 4.78 is 5.03. The van der Waals surface area contributed by atoms with Gasteiger partial charge in [-0.05, 0) is 17.4 Å². The van der Waals surface area contributed by atoms with Gasteiger partial charge in [0.15, 0.2) is 5.15 Å². The van der Waals surface area contributed by atoms with Gasteiger partial charge >= 0.3 is 0 Å². The van der Waals surface area contributed by atoms with Crippen molar-refractivity contribution < 1.29 is 19.5 Å². The van der Waals surface area contributed by atoms with Gasteiger partial charge in [-0.3, -0.25) is 4.79 Å². The maximum Gasteiger partial charge on any atom is 0.223 e. The van der Waals surface area contributed by atoms with Crippen molar-refractivity contribution in [3.63, 3.8) is 0 Å². The second-order valence-electron chi connectivity index (χ2n) is 7.20. The number of amides is 1. The summed E-state index contributed by atoms with van der Waals surface area (Å²) in [6, 6.07) is 11.5. The van der Waals surface area contributed by atoms with Gasteiger partial charge in [-0.1, -0.05) is 47.1 Å². The average molecular weight is 377 g/mol. The molecule has 6 nitrogen and oxygen atoms in total. The number of nitrogens with zero attached hydrogens (tertiary/aromatic N) is 2. The van der Waals surface area contributed by atoms with Crippen molar-refractivity contribution in [1.82, 2.24) is 10.1 Å². The molecule has 1 aliphatic carbocycles. The van der Waals surface area contributed by atoms with Crippen molar-refractivity contribution in [3.05, 3.63) is 52.9 Å². The molecule has 1 aromatic heterocycles. The number of aryl methyl sites for hydroxylation is 1. The average Bonchev–Trinajstić information content (AvgIpc) is 2.88. The van der Waals surface area contributed by atoms with Gasteiger partial charge in [0.05, 0.1) is 6.10 Å². The van der Waals surface area contributed by atoms with Crippen LogP contribution in [0.1, 0.15) is 23.7 Å². The first-order valence-corrected chi connectivity index (χ1v) is 9.17. The third-order valence-electron chi connectivity index (χ3n) is 5.86. The van der Waals surface area contributed by atoms with Gasteiger partial charge in [-0.2, -0.15) is 0 Å². The molecular weight excluding hydrogens is 356 g/mol. The normalized spacial score (nSPS) is 30.1. The second kappa shape index (κ2) is 6.68. The number of carbonyl (C=O) groups excluding carboxylic acids is 1. The largest absolute Gasteiger partial charge is 0.396 e. The van der Waals surface area contributed by atoms with Crippen molar-refractivity contribution in [1.29, 1.82) is 0 Å². The molecule has 0 bridgehead atoms. The van der Waals surface area contributed by atoms with Crippen molar-refractivity contribution in [3.8, 4) is 0 Å². The topological polar surface area (TPSA) is 86.8 Å². The summed E-state index contributed by atoms with van der Waals surface area (Å²) in [6.45, 7) is 0.778. The van der Waals surface area contributed by atoms with E-state index in [2.05, 4.69) is 5.16 Å². The van der Waals surface area contributed by atoms with E-state index in [1.54, 1.807) is 11.0 Å². The van der Waals surface area contributed by atoms with Crippen LogP contribution in [0.5, 0.6) is 0 Å². The molecule has 1 saturated carbocycles. The van der Waals surface area contributed by atoms with E-state index in [0.29, 0.717) is 25.3 Å². The minimum absolute atomic E-state index is 0.00914. The maximum atomic E-state index is 12.6. The Hall–Kier alpha value is -1.89. The predicted molar refractivity (Wildman–Crippen MR) is 94.6 cm³/mol. The lowest BCUT2D eigenvalue weighted by Crippen LogP contribution is -2.29. The predicted octanol–water partition coefficient (Wildman–Crippen LogP) is 1.86. The SMILES string of the molecule is O=C(CCc1cc(Cl)no1)N1C[C@@H](O)[C@@]2(C1)[C@H](CO)[C@H]2c1ccccc1. The van der Waals surface area contributed by atoms with E-state index < -0.39 is 11.5 Å². The molecule has 138 valence electrons. The molecule has 0 radical (unpaired) electrons. The molecular formula is C19H21ClN2O4. The van der Waals surface area contributed by atoms with Crippen LogP contribution in [0, 0.1) is 11.3 Å². The van der Waals surface area contributed by atoms with Crippen molar-refractivity contribution in [2.45, 2.75) is 24.9 Å². The minimum atomic E-state index is -0.631. The van der Waals surface area contributed by atoms with Gasteiger partial charge in [-0.25, -0.2) is 0 Å². The van der Waals surface area contributed by atoms with Crippen LogP contribution in [-0.2, 0) is 11.2 Å². The van der Waals surface area contributed by atoms with Gasteiger partial charge in [-0.15, -0.1) is 0 Å². The summed E-state index contributed by atoms with van der Waals surface area (Å²) in [5, 5.41) is 24.4. The molecule has 1 spiro atoms. The summed E-state index contributed by atoms with van der Waals surface area (Å²) >= 11 is 5.72. The number of aliphatic hydroxyl groups excluding tert-OH is 2. The van der Waals surface area contributed by atoms with Gasteiger partial charge in [0.2, 0.25) is 5.91 Å². The number of hydrogen-bond acceptors (Lipinski definition) is 5. The van der Waals surface area contributed by atoms with Crippen LogP contribution in [0.2, 0.25) is 5.15 Å². The molecule has 2 heterocycles. The third kappa shape index (κ3) is 2.82. The number of rotatable bonds is 5. The fraction of sp³-hybridized carbons (Fsp3) is 0.474. The number of benzene rings is 1. The molecule has 2 N–H and O–H groups in total. The zero-order valence-electron chi connectivity index (χ0n) is 14.2. The van der Waals surface area contributed by atoms with Crippen LogP contribution in [0.25, 0.3) is 0 Å². The molecule has 26 heavy (non-hydrogen) atoms. The molecule has 2 fully saturated rings. The lowest BCUT2D eigenvalue weighted by Gasteiger charge is -2.16. The maximum absolute atomic E-state index is 12.6. The Bertz CT molecular complexity index is 796. The Morgan fingerprint density at radius 3 is 2.81 bits per heavy atom. The molecule has 0 unspecified atom stereocenters. The number of halogens is 1. The highest BCUT2D eigenvalue weighted by molar-refractivity contribution is 6.29. The third-order valence-corrected chi connectivity index (χ3v) is 6.04. The summed E-state index contributed by atoms with van der Waals surface area (Å²) in [5.74, 6) is 0.587. The number of hydrogen-bond donors (Lipinski definition) is 2. The minimum Gasteiger partial charge on any atom is -0.396 e. The van der Waals surface area contributed by atoms with Crippen LogP contribution in [-0.4, -0.2) is 52.0 Å². The highest BCUT2D eigenvalue weighted by Gasteiger charge is 2.71. The van der Waals surface area contributed by atoms with E-state index in [9.17, 15) is 15.0 Å². The molecule has 1 aromatic carbocycles. The smallest absolute Gasteiger partial charge is 0.223 e. The van der Waals surface area contributed by atoms with Crippen LogP contribution in [0.4, 0.5) is 0 Å². The molecule has 1 aliphatic heterocycles. The highest BCUT2D eigenvalue weighted by Crippen LogP contribution is 2.68. The summed E-state index contributed by atoms with van der Waals surface area (Å²) in [6.07, 6.45) is 0.0613. The summed E-state index contributed by atoms with van der Waals surface area (Å²) in [7, 11) is 0. The van der Waals surface area contributed by atoms with Crippen LogP contribution in [0.15, 0.2) is 40.9 Å². The van der Waals surface area contributed by atoms with E-state index in [1.807, 2.05) is 30.3 Å². The van der Waals surface area contributed by atoms with E-state index in [1.165, 1.54) is 0 Å². The Balaban J connectivity index is 1.44. The number of β-amino-alcohol motifs (C(OH)–C–C–N with tert-alkyl or cyclic N) is 1. The summed E-state index contributed by atoms with van der Waals surface area (Å²) in [5.41, 5.74) is 0.664. The fourth-order valence-electron chi connectivity index (χ4n) is 4.55. The fourth-order valence-corrected chi connectivity index (χ4v) is 4.71. The van der Waals surface area contributed by atoms with E-state index in [0.717, 1.165) is 5.56 Å². The van der Waals surface area contributed by atoms with E-state index >= 15 is 0 Å². The lowest BCUT2D eigenvalue weighted by atomic mass is 9.95. The van der Waals surface area contributed by atoms with Crippen molar-refractivity contribution in [2.75, 3.05) is 19.7 Å². The number of aliphatic hydroxyl groups is 2. The van der Waals surface area contributed by atoms with E-state index in [-0.39, 0.29) is 35.9 Å². The Kier molecular flexibility index (Phi) is 4.50. The molecule has 2 aromatic rings. The first kappa shape index (κ1) is 17.5. The molecule has 2 aliphatic rings. The zero-order valence-corrected chi connectivity index (χ0v) is 15.0. The number of aromatic nitrogens is 1. The molecule has 4 atom stereocenters. The van der Waals surface area contributed by atoms with Crippen molar-refractivity contribution in [2.24, 2.45) is 11.3 Å². The Labute approximate surface area is 156 Å². The van der Waals surface area contributed by atoms with Gasteiger partial charge in [0.1, 0.15) is 5.76 Å². The zero-order chi connectivity index (χ0) is 18.3. The van der Waals surface area contributed by atoms with E-state index in [4.69, 9.17) is 16.1 Å². The Morgan fingerprint density at radius 2 is 2.15 bits per heavy atom. The first-order valence-electron chi connectivity index (χ1n) is 8.79. The number of carbonyl (C=O) groups is 1. The lowest BCUT2D eigenvalue weighted by molar-refractivity contribution is -0.130.